The van der Waals surface area contributed by atoms with E-state index in [1.807, 2.05) is 49.4 Å². The Labute approximate surface area is 130 Å². The van der Waals surface area contributed by atoms with Gasteiger partial charge in [-0.05, 0) is 42.3 Å². The van der Waals surface area contributed by atoms with Gasteiger partial charge >= 0.3 is 0 Å². The van der Waals surface area contributed by atoms with Crippen LogP contribution in [0.25, 0.3) is 6.08 Å². The molecule has 0 saturated heterocycles. The zero-order valence-electron chi connectivity index (χ0n) is 12.7. The Morgan fingerprint density at radius 2 is 1.86 bits per heavy atom. The molecule has 4 heteroatoms. The predicted octanol–water partition coefficient (Wildman–Crippen LogP) is 3.41. The fourth-order valence-corrected chi connectivity index (χ4v) is 2.03. The summed E-state index contributed by atoms with van der Waals surface area (Å²) in [7, 11) is 1.61. The fourth-order valence-electron chi connectivity index (χ4n) is 2.03. The average molecular weight is 297 g/mol. The fraction of sp³-hybridized carbons (Fsp3) is 0.167. The summed E-state index contributed by atoms with van der Waals surface area (Å²) in [4.78, 5) is 11.0. The molecule has 0 unspecified atom stereocenters. The number of rotatable bonds is 6. The number of methoxy groups -OCH3 is 1. The number of nitrogens with two attached hydrogens (primary N) is 1. The first-order chi connectivity index (χ1) is 10.6. The van der Waals surface area contributed by atoms with Crippen LogP contribution in [0.5, 0.6) is 11.5 Å². The first kappa shape index (κ1) is 15.6. The second-order valence-electron chi connectivity index (χ2n) is 4.76. The largest absolute Gasteiger partial charge is 0.493 e. The topological polar surface area (TPSA) is 61.5 Å². The summed E-state index contributed by atoms with van der Waals surface area (Å²) in [6.07, 6.45) is 3.96. The van der Waals surface area contributed by atoms with E-state index in [1.165, 1.54) is 0 Å². The summed E-state index contributed by atoms with van der Waals surface area (Å²) in [5, 5.41) is 0. The maximum atomic E-state index is 11.0. The Hall–Kier alpha value is -2.75. The van der Waals surface area contributed by atoms with Gasteiger partial charge in [-0.1, -0.05) is 30.4 Å². The molecular formula is C18H19NO3. The Kier molecular flexibility index (Phi) is 5.20. The first-order valence-corrected chi connectivity index (χ1v) is 6.96. The molecule has 0 spiro atoms. The van der Waals surface area contributed by atoms with Gasteiger partial charge in [0.15, 0.2) is 11.5 Å². The summed E-state index contributed by atoms with van der Waals surface area (Å²) in [5.74, 6) is 0.924. The van der Waals surface area contributed by atoms with Crippen LogP contribution in [0.1, 0.15) is 28.4 Å². The van der Waals surface area contributed by atoms with E-state index in [4.69, 9.17) is 15.2 Å². The van der Waals surface area contributed by atoms with Gasteiger partial charge in [-0.2, -0.15) is 0 Å². The quantitative estimate of drug-likeness (QED) is 0.888. The highest BCUT2D eigenvalue weighted by Crippen LogP contribution is 2.29. The van der Waals surface area contributed by atoms with Gasteiger partial charge in [0.25, 0.3) is 0 Å². The highest BCUT2D eigenvalue weighted by Gasteiger charge is 2.06. The number of hydrogen-bond donors (Lipinski definition) is 1. The molecule has 0 aliphatic carbocycles. The smallest absolute Gasteiger partial charge is 0.248 e. The average Bonchev–Trinajstić information content (AvgIpc) is 2.54. The van der Waals surface area contributed by atoms with Crippen LogP contribution in [0, 0.1) is 0 Å². The molecule has 0 radical (unpaired) electrons. The van der Waals surface area contributed by atoms with Gasteiger partial charge in [-0.3, -0.25) is 4.79 Å². The summed E-state index contributed by atoms with van der Waals surface area (Å²) in [6, 6.07) is 12.8. The summed E-state index contributed by atoms with van der Waals surface area (Å²) >= 11 is 0. The Balaban J connectivity index is 2.09. The molecule has 0 bridgehead atoms. The standard InChI is InChI=1S/C18H19NO3/c1-3-4-13-7-10-16(17(11-13)21-2)22-12-14-5-8-15(9-6-14)18(19)20/h3-11H,12H2,1-2H3,(H2,19,20). The molecule has 0 atom stereocenters. The van der Waals surface area contributed by atoms with Crippen molar-refractivity contribution < 1.29 is 14.3 Å². The van der Waals surface area contributed by atoms with Crippen LogP contribution < -0.4 is 15.2 Å². The molecule has 0 saturated carbocycles. The molecule has 2 aromatic carbocycles. The Morgan fingerprint density at radius 3 is 2.45 bits per heavy atom. The highest BCUT2D eigenvalue weighted by atomic mass is 16.5. The zero-order chi connectivity index (χ0) is 15.9. The second kappa shape index (κ2) is 7.31. The lowest BCUT2D eigenvalue weighted by atomic mass is 10.1. The lowest BCUT2D eigenvalue weighted by molar-refractivity contribution is 0.1000. The molecule has 0 aliphatic rings. The summed E-state index contributed by atoms with van der Waals surface area (Å²) < 4.78 is 11.1. The second-order valence-corrected chi connectivity index (χ2v) is 4.76. The third kappa shape index (κ3) is 3.88. The van der Waals surface area contributed by atoms with Gasteiger partial charge in [0.1, 0.15) is 6.61 Å². The van der Waals surface area contributed by atoms with Crippen molar-refractivity contribution in [1.82, 2.24) is 0 Å². The van der Waals surface area contributed by atoms with Gasteiger partial charge in [0, 0.05) is 5.56 Å². The summed E-state index contributed by atoms with van der Waals surface area (Å²) in [5.41, 5.74) is 7.70. The molecule has 4 nitrogen and oxygen atoms in total. The first-order valence-electron chi connectivity index (χ1n) is 6.96. The number of benzene rings is 2. The monoisotopic (exact) mass is 297 g/mol. The van der Waals surface area contributed by atoms with Crippen molar-refractivity contribution in [3.05, 3.63) is 65.2 Å². The van der Waals surface area contributed by atoms with Crippen molar-refractivity contribution >= 4 is 12.0 Å². The number of ether oxygens (including phenoxy) is 2. The van der Waals surface area contributed by atoms with Crippen molar-refractivity contribution in [3.63, 3.8) is 0 Å². The van der Waals surface area contributed by atoms with E-state index in [0.29, 0.717) is 23.7 Å². The number of allylic oxidation sites excluding steroid dienone is 1. The Morgan fingerprint density at radius 1 is 1.14 bits per heavy atom. The molecule has 22 heavy (non-hydrogen) atoms. The van der Waals surface area contributed by atoms with Gasteiger partial charge in [0.05, 0.1) is 7.11 Å². The molecule has 0 fully saturated rings. The maximum absolute atomic E-state index is 11.0. The SMILES string of the molecule is CC=Cc1ccc(OCc2ccc(C(N)=O)cc2)c(OC)c1. The number of amides is 1. The maximum Gasteiger partial charge on any atom is 0.248 e. The van der Waals surface area contributed by atoms with Crippen molar-refractivity contribution in [1.29, 1.82) is 0 Å². The molecule has 2 rings (SSSR count). The minimum atomic E-state index is -0.436. The molecular weight excluding hydrogens is 278 g/mol. The minimum Gasteiger partial charge on any atom is -0.493 e. The number of hydrogen-bond acceptors (Lipinski definition) is 3. The molecule has 114 valence electrons. The Bertz CT molecular complexity index is 675. The van der Waals surface area contributed by atoms with Gasteiger partial charge < -0.3 is 15.2 Å². The van der Waals surface area contributed by atoms with Gasteiger partial charge in [-0.25, -0.2) is 0 Å². The normalized spacial score (nSPS) is 10.6. The van der Waals surface area contributed by atoms with Crippen LogP contribution in [0.15, 0.2) is 48.5 Å². The molecule has 0 heterocycles. The zero-order valence-corrected chi connectivity index (χ0v) is 12.7. The molecule has 1 amide bonds. The van der Waals surface area contributed by atoms with Crippen molar-refractivity contribution in [2.75, 3.05) is 7.11 Å². The lowest BCUT2D eigenvalue weighted by Crippen LogP contribution is -2.10. The van der Waals surface area contributed by atoms with Crippen LogP contribution in [-0.2, 0) is 6.61 Å². The van der Waals surface area contributed by atoms with Crippen molar-refractivity contribution in [2.24, 2.45) is 5.73 Å². The summed E-state index contributed by atoms with van der Waals surface area (Å²) in [6.45, 7) is 2.35. The third-order valence-corrected chi connectivity index (χ3v) is 3.18. The van der Waals surface area contributed by atoms with Crippen LogP contribution in [0.2, 0.25) is 0 Å². The third-order valence-electron chi connectivity index (χ3n) is 3.18. The number of carbonyl (C=O) groups is 1. The van der Waals surface area contributed by atoms with Crippen molar-refractivity contribution in [2.45, 2.75) is 13.5 Å². The van der Waals surface area contributed by atoms with E-state index in [-0.39, 0.29) is 0 Å². The highest BCUT2D eigenvalue weighted by molar-refractivity contribution is 5.92. The van der Waals surface area contributed by atoms with E-state index in [0.717, 1.165) is 11.1 Å². The molecule has 0 aliphatic heterocycles. The van der Waals surface area contributed by atoms with E-state index < -0.39 is 5.91 Å². The molecule has 0 aromatic heterocycles. The van der Waals surface area contributed by atoms with Crippen molar-refractivity contribution in [3.8, 4) is 11.5 Å². The van der Waals surface area contributed by atoms with Gasteiger partial charge in [-0.15, -0.1) is 0 Å². The molecule has 2 N–H and O–H groups in total. The van der Waals surface area contributed by atoms with Crippen LogP contribution >= 0.6 is 0 Å². The van der Waals surface area contributed by atoms with E-state index >= 15 is 0 Å². The van der Waals surface area contributed by atoms with Crippen LogP contribution in [-0.4, -0.2) is 13.0 Å². The van der Waals surface area contributed by atoms with E-state index in [9.17, 15) is 4.79 Å². The lowest BCUT2D eigenvalue weighted by Gasteiger charge is -2.11. The minimum absolute atomic E-state index is 0.387. The van der Waals surface area contributed by atoms with E-state index in [2.05, 4.69) is 0 Å². The number of primary amides is 1. The van der Waals surface area contributed by atoms with Gasteiger partial charge in [0.2, 0.25) is 5.91 Å². The van der Waals surface area contributed by atoms with Crippen LogP contribution in [0.3, 0.4) is 0 Å². The predicted molar refractivity (Wildman–Crippen MR) is 87.0 cm³/mol. The number of carbonyl (C=O) groups excluding carboxylic acids is 1. The van der Waals surface area contributed by atoms with E-state index in [1.54, 1.807) is 19.2 Å². The molecule has 2 aromatic rings. The van der Waals surface area contributed by atoms with Crippen LogP contribution in [0.4, 0.5) is 0 Å².